The Morgan fingerprint density at radius 2 is 1.56 bits per heavy atom. The molecular weight excluding hydrogens is 512 g/mol. The Labute approximate surface area is 247 Å². The Hall–Kier alpha value is -2.33. The van der Waals surface area contributed by atoms with Gasteiger partial charge in [-0.15, -0.1) is 0 Å². The van der Waals surface area contributed by atoms with E-state index in [9.17, 15) is 9.90 Å². The standard InChI is InChI=1S/C33H54N6O2/c1-22-9-11-27(24(3)16-22)18-30(35)32(40)38-21-29(8-6-7-14-37-15-13-34)39(20-26(38)5)33(41)31(36)19-28-12-10-23(2)17-25(28)4/h9-12,16-17,26,29-31,33,37,41H,6-8,13-15,18-21,34-36H2,1-5H3/t26-,29+,30-,31-,33?/m1/s1. The molecule has 1 saturated heterocycles. The van der Waals surface area contributed by atoms with E-state index in [0.717, 1.165) is 49.0 Å². The predicted molar refractivity (Wildman–Crippen MR) is 169 cm³/mol. The molecule has 1 fully saturated rings. The van der Waals surface area contributed by atoms with Crippen molar-refractivity contribution >= 4 is 5.91 Å². The molecule has 8 N–H and O–H groups in total. The number of rotatable bonds is 14. The number of aliphatic hydroxyl groups is 1. The highest BCUT2D eigenvalue weighted by Gasteiger charge is 2.39. The van der Waals surface area contributed by atoms with E-state index in [0.29, 0.717) is 32.5 Å². The zero-order valence-electron chi connectivity index (χ0n) is 25.9. The van der Waals surface area contributed by atoms with E-state index in [4.69, 9.17) is 17.2 Å². The zero-order valence-corrected chi connectivity index (χ0v) is 25.9. The Kier molecular flexibility index (Phi) is 12.8. The van der Waals surface area contributed by atoms with Crippen LogP contribution >= 0.6 is 0 Å². The number of aliphatic hydroxyl groups excluding tert-OH is 1. The zero-order chi connectivity index (χ0) is 30.1. The maximum atomic E-state index is 13.7. The number of hydrogen-bond donors (Lipinski definition) is 5. The summed E-state index contributed by atoms with van der Waals surface area (Å²) in [6.07, 6.45) is 3.14. The first-order valence-corrected chi connectivity index (χ1v) is 15.3. The van der Waals surface area contributed by atoms with E-state index < -0.39 is 18.3 Å². The van der Waals surface area contributed by atoms with Gasteiger partial charge in [-0.3, -0.25) is 9.69 Å². The molecule has 1 aliphatic heterocycles. The van der Waals surface area contributed by atoms with Gasteiger partial charge in [-0.1, -0.05) is 53.9 Å². The molecule has 41 heavy (non-hydrogen) atoms. The van der Waals surface area contributed by atoms with Gasteiger partial charge in [0.05, 0.1) is 6.04 Å². The molecule has 3 rings (SSSR count). The first-order chi connectivity index (χ1) is 19.5. The average Bonchev–Trinajstić information content (AvgIpc) is 2.93. The van der Waals surface area contributed by atoms with Crippen LogP contribution in [0.1, 0.15) is 59.6 Å². The summed E-state index contributed by atoms with van der Waals surface area (Å²) >= 11 is 0. The monoisotopic (exact) mass is 566 g/mol. The quantitative estimate of drug-likeness (QED) is 0.222. The Morgan fingerprint density at radius 1 is 0.951 bits per heavy atom. The van der Waals surface area contributed by atoms with Gasteiger partial charge in [-0.05, 0) is 89.1 Å². The van der Waals surface area contributed by atoms with E-state index in [-0.39, 0.29) is 18.0 Å². The molecule has 1 aliphatic rings. The van der Waals surface area contributed by atoms with Gasteiger partial charge >= 0.3 is 0 Å². The van der Waals surface area contributed by atoms with Crippen molar-refractivity contribution in [2.75, 3.05) is 32.7 Å². The van der Waals surface area contributed by atoms with Crippen LogP contribution in [0.15, 0.2) is 36.4 Å². The second kappa shape index (κ2) is 15.8. The summed E-state index contributed by atoms with van der Waals surface area (Å²) in [6.45, 7) is 13.8. The van der Waals surface area contributed by atoms with Gasteiger partial charge in [0.1, 0.15) is 6.23 Å². The van der Waals surface area contributed by atoms with E-state index >= 15 is 0 Å². The number of hydrogen-bond acceptors (Lipinski definition) is 7. The molecular formula is C33H54N6O2. The molecule has 0 saturated carbocycles. The highest BCUT2D eigenvalue weighted by atomic mass is 16.3. The highest BCUT2D eigenvalue weighted by Crippen LogP contribution is 2.25. The molecule has 2 aromatic rings. The number of piperazine rings is 1. The third-order valence-corrected chi connectivity index (χ3v) is 8.56. The molecule has 5 atom stereocenters. The summed E-state index contributed by atoms with van der Waals surface area (Å²) < 4.78 is 0. The van der Waals surface area contributed by atoms with Crippen molar-refractivity contribution in [1.82, 2.24) is 15.1 Å². The van der Waals surface area contributed by atoms with Crippen LogP contribution in [0.5, 0.6) is 0 Å². The molecule has 1 amide bonds. The Morgan fingerprint density at radius 3 is 2.15 bits per heavy atom. The fourth-order valence-electron chi connectivity index (χ4n) is 6.10. The van der Waals surface area contributed by atoms with Crippen molar-refractivity contribution in [2.45, 2.75) is 97.1 Å². The van der Waals surface area contributed by atoms with E-state index in [1.54, 1.807) is 0 Å². The second-order valence-electron chi connectivity index (χ2n) is 12.2. The minimum absolute atomic E-state index is 0.00173. The molecule has 228 valence electrons. The van der Waals surface area contributed by atoms with Gasteiger partial charge in [0.2, 0.25) is 5.91 Å². The molecule has 0 spiro atoms. The van der Waals surface area contributed by atoms with E-state index in [2.05, 4.69) is 74.3 Å². The van der Waals surface area contributed by atoms with Crippen molar-refractivity contribution in [3.8, 4) is 0 Å². The molecule has 8 heteroatoms. The normalized spacial score (nSPS) is 20.2. The number of nitrogens with zero attached hydrogens (tertiary/aromatic N) is 2. The average molecular weight is 567 g/mol. The summed E-state index contributed by atoms with van der Waals surface area (Å²) in [5, 5.41) is 14.9. The molecule has 0 aliphatic carbocycles. The van der Waals surface area contributed by atoms with Crippen molar-refractivity contribution in [3.63, 3.8) is 0 Å². The fourth-order valence-corrected chi connectivity index (χ4v) is 6.10. The van der Waals surface area contributed by atoms with Crippen LogP contribution in [-0.2, 0) is 17.6 Å². The highest BCUT2D eigenvalue weighted by molar-refractivity contribution is 5.82. The van der Waals surface area contributed by atoms with Gasteiger partial charge in [0.25, 0.3) is 0 Å². The molecule has 1 unspecified atom stereocenters. The van der Waals surface area contributed by atoms with Gasteiger partial charge in [0.15, 0.2) is 0 Å². The third-order valence-electron chi connectivity index (χ3n) is 8.56. The van der Waals surface area contributed by atoms with E-state index in [1.807, 2.05) is 11.8 Å². The molecule has 0 aromatic heterocycles. The topological polar surface area (TPSA) is 134 Å². The maximum Gasteiger partial charge on any atom is 0.240 e. The lowest BCUT2D eigenvalue weighted by Crippen LogP contribution is -2.65. The molecule has 0 bridgehead atoms. The number of nitrogens with one attached hydrogen (secondary N) is 1. The van der Waals surface area contributed by atoms with Crippen molar-refractivity contribution in [3.05, 3.63) is 69.8 Å². The minimum atomic E-state index is -0.806. The largest absolute Gasteiger partial charge is 0.377 e. The molecule has 1 heterocycles. The van der Waals surface area contributed by atoms with Crippen LogP contribution in [0.4, 0.5) is 0 Å². The number of carbonyl (C=O) groups excluding carboxylic acids is 1. The lowest BCUT2D eigenvalue weighted by atomic mass is 9.95. The van der Waals surface area contributed by atoms with E-state index in [1.165, 1.54) is 16.7 Å². The lowest BCUT2D eigenvalue weighted by molar-refractivity contribution is -0.145. The Balaban J connectivity index is 1.71. The van der Waals surface area contributed by atoms with Crippen LogP contribution in [-0.4, -0.2) is 83.9 Å². The van der Waals surface area contributed by atoms with Crippen molar-refractivity contribution < 1.29 is 9.90 Å². The molecule has 2 aromatic carbocycles. The van der Waals surface area contributed by atoms with Crippen LogP contribution in [0.2, 0.25) is 0 Å². The Bertz CT molecular complexity index is 1120. The number of nitrogens with two attached hydrogens (primary N) is 3. The number of benzene rings is 2. The number of amides is 1. The van der Waals surface area contributed by atoms with Crippen LogP contribution in [0, 0.1) is 27.7 Å². The number of aryl methyl sites for hydroxylation is 4. The first-order valence-electron chi connectivity index (χ1n) is 15.3. The summed E-state index contributed by atoms with van der Waals surface area (Å²) in [6, 6.07) is 11.5. The van der Waals surface area contributed by atoms with Gasteiger partial charge in [0, 0.05) is 44.3 Å². The van der Waals surface area contributed by atoms with Crippen LogP contribution in [0.3, 0.4) is 0 Å². The van der Waals surface area contributed by atoms with Gasteiger partial charge in [-0.2, -0.15) is 0 Å². The summed E-state index contributed by atoms with van der Waals surface area (Å²) in [5.41, 5.74) is 25.8. The maximum absolute atomic E-state index is 13.7. The summed E-state index contributed by atoms with van der Waals surface area (Å²) in [4.78, 5) is 17.7. The number of carbonyl (C=O) groups is 1. The second-order valence-corrected chi connectivity index (χ2v) is 12.2. The summed E-state index contributed by atoms with van der Waals surface area (Å²) in [7, 11) is 0. The van der Waals surface area contributed by atoms with Gasteiger partial charge in [-0.25, -0.2) is 0 Å². The van der Waals surface area contributed by atoms with Crippen LogP contribution in [0.25, 0.3) is 0 Å². The minimum Gasteiger partial charge on any atom is -0.377 e. The smallest absolute Gasteiger partial charge is 0.240 e. The SMILES string of the molecule is Cc1ccc(C[C@@H](N)C(=O)N2C[C@H](CCCCNCCN)N(C(O)[C@H](N)Cc3ccc(C)cc3C)C[C@H]2C)c(C)c1. The first kappa shape index (κ1) is 33.2. The van der Waals surface area contributed by atoms with Gasteiger partial charge < -0.3 is 32.5 Å². The molecule has 0 radical (unpaired) electrons. The third kappa shape index (κ3) is 9.33. The van der Waals surface area contributed by atoms with Crippen LogP contribution < -0.4 is 22.5 Å². The predicted octanol–water partition coefficient (Wildman–Crippen LogP) is 2.30. The fraction of sp³-hybridized carbons (Fsp3) is 0.606. The summed E-state index contributed by atoms with van der Waals surface area (Å²) in [5.74, 6) is -0.0270. The number of unbranched alkanes of at least 4 members (excludes halogenated alkanes) is 1. The van der Waals surface area contributed by atoms with Crippen molar-refractivity contribution in [2.24, 2.45) is 17.2 Å². The van der Waals surface area contributed by atoms with Crippen molar-refractivity contribution in [1.29, 1.82) is 0 Å². The lowest BCUT2D eigenvalue weighted by Gasteiger charge is -2.48. The molecule has 8 nitrogen and oxygen atoms in total.